The fourth-order valence-electron chi connectivity index (χ4n) is 0.782. The van der Waals surface area contributed by atoms with Gasteiger partial charge in [0.15, 0.2) is 0 Å². The number of imidazole rings is 1. The third-order valence-corrected chi connectivity index (χ3v) is 1.22. The maximum atomic E-state index is 4.02. The molecule has 0 aliphatic carbocycles. The number of nitrogens with zero attached hydrogens (tertiary/aromatic N) is 2. The molecule has 2 heterocycles. The Kier molecular flexibility index (Phi) is 1.67. The first-order chi connectivity index (χ1) is 4.47. The zero-order chi connectivity index (χ0) is 6.10. The maximum absolute atomic E-state index is 4.02. The minimum atomic E-state index is 0. The normalized spacial score (nSPS) is 9.20. The van der Waals surface area contributed by atoms with Crippen molar-refractivity contribution in [3.8, 4) is 0 Å². The van der Waals surface area contributed by atoms with Gasteiger partial charge in [-0.25, -0.2) is 4.98 Å². The lowest BCUT2D eigenvalue weighted by atomic mass is 10.4. The van der Waals surface area contributed by atoms with Crippen LogP contribution in [0.15, 0.2) is 24.8 Å². The molecule has 0 unspecified atom stereocenters. The molecule has 0 bridgehead atoms. The molecule has 1 N–H and O–H groups in total. The van der Waals surface area contributed by atoms with Gasteiger partial charge in [0, 0.05) is 6.20 Å². The number of aromatic amines is 1. The molecule has 2 aromatic rings. The Morgan fingerprint density at radius 1 is 1.40 bits per heavy atom. The van der Waals surface area contributed by atoms with Crippen LogP contribution in [0.4, 0.5) is 0 Å². The summed E-state index contributed by atoms with van der Waals surface area (Å²) in [5, 5.41) is 0. The highest BCUT2D eigenvalue weighted by atomic mass is 14.9. The molecule has 52 valence electrons. The number of H-pyrrole nitrogens is 1. The molecule has 0 atom stereocenters. The fraction of sp³-hybridized carbons (Fsp3) is 0.143. The molecule has 2 aromatic heterocycles. The first kappa shape index (κ1) is 6.74. The Morgan fingerprint density at radius 3 is 3.10 bits per heavy atom. The van der Waals surface area contributed by atoms with E-state index >= 15 is 0 Å². The maximum Gasteiger partial charge on any atom is 0.0932 e. The van der Waals surface area contributed by atoms with E-state index in [9.17, 15) is 0 Å². The van der Waals surface area contributed by atoms with Crippen LogP contribution in [-0.4, -0.2) is 15.0 Å². The number of hydrogen-bond donors (Lipinski definition) is 1. The third-order valence-electron chi connectivity index (χ3n) is 1.22. The van der Waals surface area contributed by atoms with E-state index in [-0.39, 0.29) is 7.43 Å². The van der Waals surface area contributed by atoms with E-state index in [1.54, 1.807) is 18.7 Å². The third kappa shape index (κ3) is 0.857. The summed E-state index contributed by atoms with van der Waals surface area (Å²) in [7, 11) is 0. The van der Waals surface area contributed by atoms with Crippen LogP contribution >= 0.6 is 0 Å². The molecule has 0 spiro atoms. The summed E-state index contributed by atoms with van der Waals surface area (Å²) in [6.45, 7) is 0. The van der Waals surface area contributed by atoms with Crippen LogP contribution in [0.3, 0.4) is 0 Å². The predicted octanol–water partition coefficient (Wildman–Crippen LogP) is 1.59. The molecule has 0 aromatic carbocycles. The second-order valence-electron chi connectivity index (χ2n) is 1.80. The Balaban J connectivity index is 0.000000500. The summed E-state index contributed by atoms with van der Waals surface area (Å²) in [5.74, 6) is 0. The van der Waals surface area contributed by atoms with Crippen molar-refractivity contribution in [1.82, 2.24) is 15.0 Å². The fourth-order valence-corrected chi connectivity index (χ4v) is 0.782. The summed E-state index contributed by atoms with van der Waals surface area (Å²) >= 11 is 0. The molecule has 0 aliphatic rings. The molecule has 0 amide bonds. The van der Waals surface area contributed by atoms with Crippen molar-refractivity contribution < 1.29 is 0 Å². The monoisotopic (exact) mass is 135 g/mol. The van der Waals surface area contributed by atoms with Crippen LogP contribution in [-0.2, 0) is 0 Å². The van der Waals surface area contributed by atoms with Gasteiger partial charge in [0.25, 0.3) is 0 Å². The molecule has 2 rings (SSSR count). The second kappa shape index (κ2) is 2.47. The van der Waals surface area contributed by atoms with Gasteiger partial charge in [-0.2, -0.15) is 0 Å². The number of nitrogens with one attached hydrogen (secondary N) is 1. The second-order valence-corrected chi connectivity index (χ2v) is 1.80. The van der Waals surface area contributed by atoms with Crippen molar-refractivity contribution in [3.63, 3.8) is 0 Å². The van der Waals surface area contributed by atoms with Gasteiger partial charge in [-0.3, -0.25) is 4.98 Å². The van der Waals surface area contributed by atoms with E-state index < -0.39 is 0 Å². The highest BCUT2D eigenvalue weighted by Crippen LogP contribution is 2.03. The highest BCUT2D eigenvalue weighted by molar-refractivity contribution is 5.72. The summed E-state index contributed by atoms with van der Waals surface area (Å²) in [5.41, 5.74) is 1.95. The molecule has 3 heteroatoms. The summed E-state index contributed by atoms with van der Waals surface area (Å²) in [6.07, 6.45) is 5.14. The number of aromatic nitrogens is 3. The van der Waals surface area contributed by atoms with Gasteiger partial charge in [-0.05, 0) is 6.07 Å². The topological polar surface area (TPSA) is 41.6 Å². The van der Waals surface area contributed by atoms with Crippen molar-refractivity contribution in [2.75, 3.05) is 0 Å². The molecule has 0 fully saturated rings. The lowest BCUT2D eigenvalue weighted by Gasteiger charge is -1.80. The molecule has 3 nitrogen and oxygen atoms in total. The zero-order valence-corrected chi connectivity index (χ0v) is 4.70. The van der Waals surface area contributed by atoms with Crippen molar-refractivity contribution in [1.29, 1.82) is 0 Å². The minimum Gasteiger partial charge on any atom is -0.343 e. The number of hydrogen-bond acceptors (Lipinski definition) is 2. The molecule has 0 saturated heterocycles. The molecular formula is C7H9N3. The smallest absolute Gasteiger partial charge is 0.0932 e. The van der Waals surface area contributed by atoms with E-state index in [0.29, 0.717) is 0 Å². The van der Waals surface area contributed by atoms with Crippen molar-refractivity contribution in [2.45, 2.75) is 7.43 Å². The summed E-state index contributed by atoms with van der Waals surface area (Å²) < 4.78 is 0. The van der Waals surface area contributed by atoms with Crippen LogP contribution in [0.5, 0.6) is 0 Å². The predicted molar refractivity (Wildman–Crippen MR) is 40.6 cm³/mol. The highest BCUT2D eigenvalue weighted by Gasteiger charge is 1.89. The summed E-state index contributed by atoms with van der Waals surface area (Å²) in [4.78, 5) is 10.9. The van der Waals surface area contributed by atoms with E-state index in [0.717, 1.165) is 11.0 Å². The standard InChI is InChI=1S/C6H5N3.CH4/c1-2-7-3-6-5(1)8-4-9-6;/h1-4H,(H,8,9);1H4. The lowest BCUT2D eigenvalue weighted by Crippen LogP contribution is -1.69. The first-order valence-corrected chi connectivity index (χ1v) is 2.70. The van der Waals surface area contributed by atoms with Crippen molar-refractivity contribution in [3.05, 3.63) is 24.8 Å². The molecule has 10 heavy (non-hydrogen) atoms. The van der Waals surface area contributed by atoms with Crippen LogP contribution in [0.25, 0.3) is 11.0 Å². The average molecular weight is 135 g/mol. The van der Waals surface area contributed by atoms with Crippen molar-refractivity contribution in [2.24, 2.45) is 0 Å². The number of rotatable bonds is 0. The van der Waals surface area contributed by atoms with Crippen LogP contribution < -0.4 is 0 Å². The Morgan fingerprint density at radius 2 is 2.30 bits per heavy atom. The van der Waals surface area contributed by atoms with E-state index in [4.69, 9.17) is 0 Å². The van der Waals surface area contributed by atoms with E-state index in [2.05, 4.69) is 15.0 Å². The Bertz CT molecular complexity index is 283. The van der Waals surface area contributed by atoms with Crippen molar-refractivity contribution >= 4 is 11.0 Å². The van der Waals surface area contributed by atoms with Crippen LogP contribution in [0, 0.1) is 0 Å². The van der Waals surface area contributed by atoms with Gasteiger partial charge in [-0.15, -0.1) is 0 Å². The Labute approximate surface area is 59.1 Å². The molecule has 0 saturated carbocycles. The largest absolute Gasteiger partial charge is 0.343 e. The van der Waals surface area contributed by atoms with E-state index in [1.165, 1.54) is 0 Å². The molecule has 0 aliphatic heterocycles. The van der Waals surface area contributed by atoms with Gasteiger partial charge in [0.2, 0.25) is 0 Å². The van der Waals surface area contributed by atoms with Gasteiger partial charge >= 0.3 is 0 Å². The van der Waals surface area contributed by atoms with E-state index in [1.807, 2.05) is 6.07 Å². The van der Waals surface area contributed by atoms with Gasteiger partial charge < -0.3 is 4.98 Å². The van der Waals surface area contributed by atoms with Gasteiger partial charge in [0.1, 0.15) is 0 Å². The van der Waals surface area contributed by atoms with Crippen LogP contribution in [0.2, 0.25) is 0 Å². The Hall–Kier alpha value is -1.38. The quantitative estimate of drug-likeness (QED) is 0.596. The molecule has 0 radical (unpaired) electrons. The zero-order valence-electron chi connectivity index (χ0n) is 4.70. The summed E-state index contributed by atoms with van der Waals surface area (Å²) in [6, 6.07) is 1.87. The SMILES string of the molecule is C.c1cc2nc[nH]c2cn1. The van der Waals surface area contributed by atoms with Gasteiger partial charge in [0.05, 0.1) is 23.6 Å². The molecular weight excluding hydrogens is 126 g/mol. The lowest BCUT2D eigenvalue weighted by molar-refractivity contribution is 1.33. The first-order valence-electron chi connectivity index (χ1n) is 2.70. The minimum absolute atomic E-state index is 0. The number of pyridine rings is 1. The van der Waals surface area contributed by atoms with Gasteiger partial charge in [-0.1, -0.05) is 7.43 Å². The average Bonchev–Trinajstić information content (AvgIpc) is 2.33. The van der Waals surface area contributed by atoms with Crippen LogP contribution in [0.1, 0.15) is 7.43 Å². The number of fused-ring (bicyclic) bond motifs is 1.